The van der Waals surface area contributed by atoms with Crippen molar-refractivity contribution in [1.29, 1.82) is 0 Å². The van der Waals surface area contributed by atoms with Crippen LogP contribution in [0, 0.1) is 0 Å². The molecule has 2 rings (SSSR count). The van der Waals surface area contributed by atoms with Crippen molar-refractivity contribution < 1.29 is 27.5 Å². The number of ether oxygens (including phenoxy) is 2. The van der Waals surface area contributed by atoms with Gasteiger partial charge in [0, 0.05) is 20.5 Å². The molecule has 0 aliphatic carbocycles. The number of benzene rings is 1. The molecule has 1 atom stereocenters. The minimum absolute atomic E-state index is 0.0735. The second-order valence-electron chi connectivity index (χ2n) is 4.66. The van der Waals surface area contributed by atoms with Gasteiger partial charge in [-0.3, -0.25) is 0 Å². The van der Waals surface area contributed by atoms with Crippen LogP contribution < -0.4 is 0 Å². The fourth-order valence-corrected chi connectivity index (χ4v) is 2.66. The molecule has 1 aromatic carbocycles. The highest BCUT2D eigenvalue weighted by Crippen LogP contribution is 2.17. The Morgan fingerprint density at radius 3 is 2.38 bits per heavy atom. The first-order valence-corrected chi connectivity index (χ1v) is 7.66. The first-order chi connectivity index (χ1) is 9.82. The van der Waals surface area contributed by atoms with E-state index < -0.39 is 28.1 Å². The Balaban J connectivity index is 2.12. The highest BCUT2D eigenvalue weighted by molar-refractivity contribution is 7.89. The Labute approximate surface area is 122 Å². The van der Waals surface area contributed by atoms with Crippen LogP contribution in [-0.2, 0) is 24.3 Å². The van der Waals surface area contributed by atoms with Gasteiger partial charge in [-0.1, -0.05) is 0 Å². The summed E-state index contributed by atoms with van der Waals surface area (Å²) < 4.78 is 34.5. The molecule has 0 aromatic heterocycles. The Bertz CT molecular complexity index is 650. The Kier molecular flexibility index (Phi) is 4.29. The molecule has 0 saturated carbocycles. The number of esters is 2. The number of carbonyl (C=O) groups is 2. The third-order valence-corrected chi connectivity index (χ3v) is 4.83. The molecule has 1 aliphatic rings. The zero-order valence-corrected chi connectivity index (χ0v) is 12.4. The van der Waals surface area contributed by atoms with Crippen LogP contribution in [0.25, 0.3) is 0 Å². The van der Waals surface area contributed by atoms with Crippen LogP contribution >= 0.6 is 0 Å². The van der Waals surface area contributed by atoms with E-state index in [2.05, 4.69) is 0 Å². The average Bonchev–Trinajstić information content (AvgIpc) is 2.84. The number of carbonyl (C=O) groups excluding carboxylic acids is 2. The lowest BCUT2D eigenvalue weighted by Gasteiger charge is -2.12. The van der Waals surface area contributed by atoms with E-state index in [9.17, 15) is 18.0 Å². The van der Waals surface area contributed by atoms with Crippen LogP contribution in [0.15, 0.2) is 29.2 Å². The van der Waals surface area contributed by atoms with Crippen LogP contribution in [-0.4, -0.2) is 51.5 Å². The van der Waals surface area contributed by atoms with Gasteiger partial charge in [0.2, 0.25) is 16.1 Å². The van der Waals surface area contributed by atoms with Gasteiger partial charge in [0.05, 0.1) is 17.1 Å². The summed E-state index contributed by atoms with van der Waals surface area (Å²) in [5.74, 6) is -1.25. The topological polar surface area (TPSA) is 90.0 Å². The van der Waals surface area contributed by atoms with Gasteiger partial charge in [-0.05, 0) is 24.3 Å². The number of hydrogen-bond donors (Lipinski definition) is 0. The van der Waals surface area contributed by atoms with E-state index in [1.807, 2.05) is 0 Å². The van der Waals surface area contributed by atoms with Crippen molar-refractivity contribution in [3.05, 3.63) is 29.8 Å². The molecule has 1 heterocycles. The summed E-state index contributed by atoms with van der Waals surface area (Å²) in [6.45, 7) is 0.233. The van der Waals surface area contributed by atoms with E-state index in [-0.39, 0.29) is 17.1 Å². The van der Waals surface area contributed by atoms with E-state index in [4.69, 9.17) is 9.47 Å². The zero-order valence-electron chi connectivity index (χ0n) is 11.6. The van der Waals surface area contributed by atoms with Crippen LogP contribution in [0.4, 0.5) is 0 Å². The van der Waals surface area contributed by atoms with Gasteiger partial charge in [0.15, 0.2) is 0 Å². The van der Waals surface area contributed by atoms with Gasteiger partial charge in [-0.2, -0.15) is 0 Å². The summed E-state index contributed by atoms with van der Waals surface area (Å²) >= 11 is 0. The molecule has 21 heavy (non-hydrogen) atoms. The normalized spacial score (nSPS) is 18.6. The molecule has 0 amide bonds. The number of cyclic esters (lactones) is 1. The zero-order chi connectivity index (χ0) is 15.6. The van der Waals surface area contributed by atoms with Gasteiger partial charge in [-0.25, -0.2) is 22.3 Å². The molecule has 7 nitrogen and oxygen atoms in total. The third kappa shape index (κ3) is 3.22. The summed E-state index contributed by atoms with van der Waals surface area (Å²) in [5, 5.41) is 0. The lowest BCUT2D eigenvalue weighted by atomic mass is 10.2. The molecular formula is C13H15NO6S. The van der Waals surface area contributed by atoms with Crippen molar-refractivity contribution in [2.24, 2.45) is 0 Å². The fraction of sp³-hybridized carbons (Fsp3) is 0.385. The predicted octanol–water partition coefficient (Wildman–Crippen LogP) is 0.409. The first kappa shape index (κ1) is 15.5. The maximum atomic E-state index is 11.9. The van der Waals surface area contributed by atoms with Crippen LogP contribution in [0.5, 0.6) is 0 Å². The summed E-state index contributed by atoms with van der Waals surface area (Å²) in [5.41, 5.74) is 0.174. The molecule has 8 heteroatoms. The maximum Gasteiger partial charge on any atom is 0.347 e. The van der Waals surface area contributed by atoms with E-state index >= 15 is 0 Å². The molecule has 114 valence electrons. The molecule has 0 N–H and O–H groups in total. The second-order valence-corrected chi connectivity index (χ2v) is 6.81. The predicted molar refractivity (Wildman–Crippen MR) is 72.1 cm³/mol. The van der Waals surface area contributed by atoms with Crippen LogP contribution in [0.3, 0.4) is 0 Å². The summed E-state index contributed by atoms with van der Waals surface area (Å²) in [6.07, 6.45) is -0.555. The number of sulfonamides is 1. The standard InChI is InChI=1S/C13H15NO6S/c1-14(2)21(17,18)10-5-3-9(4-6-10)12(15)20-11-7-8-19-13(11)16/h3-6,11H,7-8H2,1-2H3/t11-/m0/s1. The average molecular weight is 313 g/mol. The van der Waals surface area contributed by atoms with Gasteiger partial charge >= 0.3 is 11.9 Å². The Hall–Kier alpha value is -1.93. The summed E-state index contributed by atoms with van der Waals surface area (Å²) in [6, 6.07) is 5.33. The van der Waals surface area contributed by atoms with E-state index in [1.165, 1.54) is 38.4 Å². The molecule has 1 saturated heterocycles. The quantitative estimate of drug-likeness (QED) is 0.748. The van der Waals surface area contributed by atoms with Gasteiger partial charge in [0.25, 0.3) is 0 Å². The van der Waals surface area contributed by atoms with E-state index in [1.54, 1.807) is 0 Å². The highest BCUT2D eigenvalue weighted by atomic mass is 32.2. The second kappa shape index (κ2) is 5.82. The lowest BCUT2D eigenvalue weighted by molar-refractivity contribution is -0.145. The largest absolute Gasteiger partial charge is 0.463 e. The lowest BCUT2D eigenvalue weighted by Crippen LogP contribution is -2.23. The van der Waals surface area contributed by atoms with Crippen molar-refractivity contribution in [3.63, 3.8) is 0 Å². The molecule has 0 unspecified atom stereocenters. The summed E-state index contributed by atoms with van der Waals surface area (Å²) in [4.78, 5) is 23.1. The van der Waals surface area contributed by atoms with Crippen LogP contribution in [0.1, 0.15) is 16.8 Å². The number of hydrogen-bond acceptors (Lipinski definition) is 6. The number of nitrogens with zero attached hydrogens (tertiary/aromatic N) is 1. The van der Waals surface area contributed by atoms with Crippen molar-refractivity contribution in [2.45, 2.75) is 17.4 Å². The van der Waals surface area contributed by atoms with Gasteiger partial charge < -0.3 is 9.47 Å². The molecule has 1 fully saturated rings. The van der Waals surface area contributed by atoms with Crippen molar-refractivity contribution in [1.82, 2.24) is 4.31 Å². The fourth-order valence-electron chi connectivity index (χ4n) is 1.76. The molecule has 0 bridgehead atoms. The molecule has 1 aliphatic heterocycles. The monoisotopic (exact) mass is 313 g/mol. The van der Waals surface area contributed by atoms with Crippen molar-refractivity contribution in [2.75, 3.05) is 20.7 Å². The minimum atomic E-state index is -3.54. The smallest absolute Gasteiger partial charge is 0.347 e. The number of rotatable bonds is 4. The van der Waals surface area contributed by atoms with Gasteiger partial charge in [0.1, 0.15) is 0 Å². The molecule has 0 radical (unpaired) electrons. The minimum Gasteiger partial charge on any atom is -0.463 e. The molecular weight excluding hydrogens is 298 g/mol. The molecule has 0 spiro atoms. The molecule has 1 aromatic rings. The Morgan fingerprint density at radius 1 is 1.29 bits per heavy atom. The van der Waals surface area contributed by atoms with Crippen LogP contribution in [0.2, 0.25) is 0 Å². The van der Waals surface area contributed by atoms with E-state index in [0.29, 0.717) is 6.42 Å². The Morgan fingerprint density at radius 2 is 1.90 bits per heavy atom. The highest BCUT2D eigenvalue weighted by Gasteiger charge is 2.30. The maximum absolute atomic E-state index is 11.9. The van der Waals surface area contributed by atoms with Gasteiger partial charge in [-0.15, -0.1) is 0 Å². The van der Waals surface area contributed by atoms with Crippen molar-refractivity contribution >= 4 is 22.0 Å². The summed E-state index contributed by atoms with van der Waals surface area (Å²) in [7, 11) is -0.704. The first-order valence-electron chi connectivity index (χ1n) is 6.22. The third-order valence-electron chi connectivity index (χ3n) is 3.01. The van der Waals surface area contributed by atoms with E-state index in [0.717, 1.165) is 4.31 Å². The van der Waals surface area contributed by atoms with Crippen molar-refractivity contribution in [3.8, 4) is 0 Å². The SMILES string of the molecule is CN(C)S(=O)(=O)c1ccc(C(=O)O[C@H]2CCOC2=O)cc1.